The summed E-state index contributed by atoms with van der Waals surface area (Å²) in [6.45, 7) is -3.12. The molecule has 0 fully saturated rings. The van der Waals surface area contributed by atoms with Crippen LogP contribution >= 0.6 is 0 Å². The molecule has 3 atom stereocenters. The molecule has 3 aromatic carbocycles. The van der Waals surface area contributed by atoms with E-state index in [0.717, 1.165) is 0 Å². The Morgan fingerprint density at radius 1 is 0.571 bits per heavy atom. The quantitative estimate of drug-likeness (QED) is 0.0427. The Labute approximate surface area is 361 Å². The van der Waals surface area contributed by atoms with Crippen LogP contribution in [-0.2, 0) is 49.7 Å². The minimum atomic E-state index is -1.69. The van der Waals surface area contributed by atoms with Gasteiger partial charge >= 0.3 is 6.09 Å². The maximum atomic E-state index is 13.1. The minimum Gasteiger partial charge on any atom is -0.497 e. The van der Waals surface area contributed by atoms with Crippen LogP contribution in [0.3, 0.4) is 0 Å². The van der Waals surface area contributed by atoms with E-state index in [0.29, 0.717) is 28.2 Å². The number of aliphatic hydroxyl groups excluding tert-OH is 1. The second-order valence-electron chi connectivity index (χ2n) is 13.6. The van der Waals surface area contributed by atoms with Crippen molar-refractivity contribution in [1.82, 2.24) is 37.2 Å². The van der Waals surface area contributed by atoms with Crippen LogP contribution in [0.4, 0.5) is 4.79 Å². The molecule has 3 unspecified atom stereocenters. The van der Waals surface area contributed by atoms with Gasteiger partial charge in [-0.2, -0.15) is 0 Å². The lowest BCUT2D eigenvalue weighted by Crippen LogP contribution is -2.57. The molecule has 0 saturated heterocycles. The molecule has 0 bridgehead atoms. The third kappa shape index (κ3) is 17.8. The SMILES string of the molecule is COc1ccc(C(NC(=O)CNC(=O)C(CC(N)=O)NC(=O)C(CO)NC(=O)CNC(=O)CNC(=O)C(CCC(N)=O)NC(=O)OCc2ccccc2)c2ccc(OC)cc2)cc1. The maximum Gasteiger partial charge on any atom is 0.408 e. The number of rotatable bonds is 25. The summed E-state index contributed by atoms with van der Waals surface area (Å²) in [7, 11) is 3.02. The fraction of sp³-hybridized carbons (Fsp3) is 0.341. The molecular weight excluding hydrogens is 827 g/mol. The van der Waals surface area contributed by atoms with Crippen molar-refractivity contribution in [3.05, 3.63) is 95.6 Å². The van der Waals surface area contributed by atoms with E-state index >= 15 is 0 Å². The monoisotopic (exact) mass is 877 g/mol. The van der Waals surface area contributed by atoms with Crippen LogP contribution in [0.25, 0.3) is 0 Å². The van der Waals surface area contributed by atoms with Gasteiger partial charge in [0.25, 0.3) is 0 Å². The number of amides is 9. The molecule has 9 amide bonds. The smallest absolute Gasteiger partial charge is 0.408 e. The number of carbonyl (C=O) groups excluding carboxylic acids is 9. The molecule has 0 radical (unpaired) electrons. The molecule has 0 aromatic heterocycles. The number of carbonyl (C=O) groups is 9. The van der Waals surface area contributed by atoms with E-state index in [4.69, 9.17) is 25.7 Å². The van der Waals surface area contributed by atoms with Gasteiger partial charge in [-0.25, -0.2) is 4.79 Å². The lowest BCUT2D eigenvalue weighted by molar-refractivity contribution is -0.134. The molecule has 0 aliphatic heterocycles. The van der Waals surface area contributed by atoms with Gasteiger partial charge in [-0.3, -0.25) is 38.4 Å². The minimum absolute atomic E-state index is 0.107. The fourth-order valence-corrected chi connectivity index (χ4v) is 5.57. The molecule has 0 aliphatic rings. The molecular formula is C41H51N9O13. The first kappa shape index (κ1) is 49.6. The van der Waals surface area contributed by atoms with Crippen molar-refractivity contribution in [3.8, 4) is 11.5 Å². The number of hydrogen-bond acceptors (Lipinski definition) is 13. The summed E-state index contributed by atoms with van der Waals surface area (Å²) in [6.07, 6.45) is -2.20. The van der Waals surface area contributed by atoms with Crippen LogP contribution in [0.1, 0.15) is 42.0 Å². The molecule has 0 spiro atoms. The van der Waals surface area contributed by atoms with Crippen molar-refractivity contribution < 1.29 is 62.5 Å². The summed E-state index contributed by atoms with van der Waals surface area (Å²) in [5.74, 6) is -6.08. The molecule has 3 rings (SSSR count). The molecule has 0 aliphatic carbocycles. The van der Waals surface area contributed by atoms with E-state index in [2.05, 4.69) is 37.2 Å². The molecule has 22 nitrogen and oxygen atoms in total. The third-order valence-electron chi connectivity index (χ3n) is 8.87. The zero-order valence-electron chi connectivity index (χ0n) is 34.5. The van der Waals surface area contributed by atoms with Gasteiger partial charge in [0.2, 0.25) is 47.3 Å². The van der Waals surface area contributed by atoms with E-state index in [1.54, 1.807) is 78.9 Å². The Morgan fingerprint density at radius 2 is 1.10 bits per heavy atom. The second kappa shape index (κ2) is 25.8. The number of alkyl carbamates (subject to hydrolysis) is 1. The number of ether oxygens (including phenoxy) is 3. The Kier molecular flexibility index (Phi) is 20.3. The van der Waals surface area contributed by atoms with Crippen LogP contribution in [-0.4, -0.2) is 117 Å². The maximum absolute atomic E-state index is 13.1. The van der Waals surface area contributed by atoms with Crippen LogP contribution in [0.15, 0.2) is 78.9 Å². The number of aliphatic hydroxyl groups is 1. The fourth-order valence-electron chi connectivity index (χ4n) is 5.57. The molecule has 338 valence electrons. The molecule has 0 saturated carbocycles. The van der Waals surface area contributed by atoms with Crippen LogP contribution in [0.2, 0.25) is 0 Å². The first-order valence-electron chi connectivity index (χ1n) is 19.3. The number of nitrogens with one attached hydrogen (secondary N) is 7. The molecule has 3 aromatic rings. The average Bonchev–Trinajstić information content (AvgIpc) is 3.28. The summed E-state index contributed by atoms with van der Waals surface area (Å²) >= 11 is 0. The number of methoxy groups -OCH3 is 2. The number of benzene rings is 3. The Balaban J connectivity index is 1.51. The standard InChI is InChI=1S/C41H51N9O13/c1-61-27-12-8-25(9-13-27)37(26-10-14-28(62-2)15-11-26)50-36(56)21-46-39(58)30(18-33(43)53)48-40(59)31(22-51)47-35(55)20-44-34(54)19-45-38(57)29(16-17-32(42)52)49-41(60)63-23-24-6-4-3-5-7-24/h3-15,29-31,37,51H,16-23H2,1-2H3,(H2,42,52)(H2,43,53)(H,44,54)(H,45,57)(H,46,58)(H,47,55)(H,48,59)(H,49,60)(H,50,56). The van der Waals surface area contributed by atoms with Crippen LogP contribution < -0.4 is 58.2 Å². The van der Waals surface area contributed by atoms with Crippen molar-refractivity contribution in [2.75, 3.05) is 40.5 Å². The first-order valence-corrected chi connectivity index (χ1v) is 19.3. The zero-order chi connectivity index (χ0) is 46.3. The summed E-state index contributed by atoms with van der Waals surface area (Å²) in [5.41, 5.74) is 12.5. The predicted molar refractivity (Wildman–Crippen MR) is 222 cm³/mol. The highest BCUT2D eigenvalue weighted by Crippen LogP contribution is 2.26. The van der Waals surface area contributed by atoms with Gasteiger partial charge in [0.05, 0.1) is 52.9 Å². The topological polar surface area (TPSA) is 338 Å². The van der Waals surface area contributed by atoms with E-state index in [1.165, 1.54) is 14.2 Å². The van der Waals surface area contributed by atoms with Crippen LogP contribution in [0, 0.1) is 0 Å². The Hall–Kier alpha value is -7.75. The summed E-state index contributed by atoms with van der Waals surface area (Å²) < 4.78 is 15.6. The Morgan fingerprint density at radius 3 is 1.62 bits per heavy atom. The highest BCUT2D eigenvalue weighted by atomic mass is 16.5. The third-order valence-corrected chi connectivity index (χ3v) is 8.87. The summed E-state index contributed by atoms with van der Waals surface area (Å²) in [6, 6.07) is 17.2. The average molecular weight is 878 g/mol. The van der Waals surface area contributed by atoms with Crippen molar-refractivity contribution >= 4 is 53.4 Å². The highest BCUT2D eigenvalue weighted by molar-refractivity contribution is 5.96. The van der Waals surface area contributed by atoms with Gasteiger partial charge in [0, 0.05) is 6.42 Å². The lowest BCUT2D eigenvalue weighted by atomic mass is 9.98. The molecule has 22 heteroatoms. The van der Waals surface area contributed by atoms with Gasteiger partial charge in [-0.15, -0.1) is 0 Å². The first-order chi connectivity index (χ1) is 30.1. The number of hydrogen-bond donors (Lipinski definition) is 10. The van der Waals surface area contributed by atoms with Crippen molar-refractivity contribution in [2.45, 2.75) is 50.0 Å². The molecule has 63 heavy (non-hydrogen) atoms. The highest BCUT2D eigenvalue weighted by Gasteiger charge is 2.29. The largest absolute Gasteiger partial charge is 0.497 e. The second-order valence-corrected chi connectivity index (χ2v) is 13.6. The van der Waals surface area contributed by atoms with Crippen LogP contribution in [0.5, 0.6) is 11.5 Å². The lowest BCUT2D eigenvalue weighted by Gasteiger charge is -2.23. The molecule has 0 heterocycles. The predicted octanol–water partition coefficient (Wildman–Crippen LogP) is -2.34. The van der Waals surface area contributed by atoms with E-state index in [-0.39, 0.29) is 19.4 Å². The summed E-state index contributed by atoms with van der Waals surface area (Å²) in [4.78, 5) is 113. The van der Waals surface area contributed by atoms with Crippen molar-refractivity contribution in [2.24, 2.45) is 11.5 Å². The summed E-state index contributed by atoms with van der Waals surface area (Å²) in [5, 5.41) is 26.2. The normalized spacial score (nSPS) is 11.9. The Bertz CT molecular complexity index is 2010. The van der Waals surface area contributed by atoms with E-state index in [9.17, 15) is 48.3 Å². The molecule has 12 N–H and O–H groups in total. The zero-order valence-corrected chi connectivity index (χ0v) is 34.5. The van der Waals surface area contributed by atoms with Gasteiger partial charge in [0.1, 0.15) is 36.2 Å². The number of primary amides is 2. The van der Waals surface area contributed by atoms with E-state index < -0.39 is 110 Å². The van der Waals surface area contributed by atoms with Crippen molar-refractivity contribution in [3.63, 3.8) is 0 Å². The van der Waals surface area contributed by atoms with Gasteiger partial charge in [-0.05, 0) is 47.4 Å². The van der Waals surface area contributed by atoms with E-state index in [1.807, 2.05) is 0 Å². The van der Waals surface area contributed by atoms with Gasteiger partial charge < -0.3 is 68.0 Å². The number of nitrogens with two attached hydrogens (primary N) is 2. The van der Waals surface area contributed by atoms with Crippen molar-refractivity contribution in [1.29, 1.82) is 0 Å². The van der Waals surface area contributed by atoms with Gasteiger partial charge in [0.15, 0.2) is 0 Å². The van der Waals surface area contributed by atoms with Gasteiger partial charge in [-0.1, -0.05) is 54.6 Å².